The van der Waals surface area contributed by atoms with Crippen molar-refractivity contribution < 1.29 is 0 Å². The van der Waals surface area contributed by atoms with Gasteiger partial charge >= 0.3 is 0 Å². The Kier molecular flexibility index (Phi) is 3.20. The highest BCUT2D eigenvalue weighted by atomic mass is 15.0. The Morgan fingerprint density at radius 3 is 2.65 bits per heavy atom. The van der Waals surface area contributed by atoms with Crippen LogP contribution in [0, 0.1) is 19.8 Å². The van der Waals surface area contributed by atoms with Crippen molar-refractivity contribution in [1.29, 1.82) is 0 Å². The molecule has 0 aliphatic heterocycles. The van der Waals surface area contributed by atoms with Gasteiger partial charge in [-0.15, -0.1) is 0 Å². The number of rotatable bonds is 3. The highest BCUT2D eigenvalue weighted by molar-refractivity contribution is 5.79. The second kappa shape index (κ2) is 4.49. The molecule has 1 atom stereocenters. The first-order chi connectivity index (χ1) is 7.97. The molecule has 1 aromatic carbocycles. The summed E-state index contributed by atoms with van der Waals surface area (Å²) in [7, 11) is 0. The fourth-order valence-corrected chi connectivity index (χ4v) is 2.29. The molecule has 0 spiro atoms. The van der Waals surface area contributed by atoms with Gasteiger partial charge in [0, 0.05) is 0 Å². The molecule has 0 saturated carbocycles. The van der Waals surface area contributed by atoms with Gasteiger partial charge in [0.1, 0.15) is 5.82 Å². The first kappa shape index (κ1) is 12.1. The van der Waals surface area contributed by atoms with Gasteiger partial charge in [-0.1, -0.05) is 19.9 Å². The van der Waals surface area contributed by atoms with Crippen molar-refractivity contribution in [3.63, 3.8) is 0 Å². The van der Waals surface area contributed by atoms with E-state index >= 15 is 0 Å². The maximum Gasteiger partial charge on any atom is 0.124 e. The molecule has 17 heavy (non-hydrogen) atoms. The lowest BCUT2D eigenvalue weighted by Gasteiger charge is -2.10. The number of fused-ring (bicyclic) bond motifs is 1. The van der Waals surface area contributed by atoms with Crippen molar-refractivity contribution in [2.75, 3.05) is 0 Å². The number of aromatic amines is 1. The largest absolute Gasteiger partial charge is 0.341 e. The van der Waals surface area contributed by atoms with Crippen LogP contribution < -0.4 is 5.73 Å². The smallest absolute Gasteiger partial charge is 0.124 e. The Labute approximate surface area is 102 Å². The van der Waals surface area contributed by atoms with E-state index in [1.54, 1.807) is 0 Å². The number of nitrogens with two attached hydrogens (primary N) is 1. The minimum absolute atomic E-state index is 0.00195. The summed E-state index contributed by atoms with van der Waals surface area (Å²) >= 11 is 0. The maximum atomic E-state index is 6.15. The average molecular weight is 231 g/mol. The highest BCUT2D eigenvalue weighted by Gasteiger charge is 2.13. The molecule has 0 aliphatic rings. The van der Waals surface area contributed by atoms with E-state index in [-0.39, 0.29) is 6.04 Å². The minimum Gasteiger partial charge on any atom is -0.341 e. The van der Waals surface area contributed by atoms with Gasteiger partial charge in [0.15, 0.2) is 0 Å². The lowest BCUT2D eigenvalue weighted by atomic mass is 10.0. The summed E-state index contributed by atoms with van der Waals surface area (Å²) in [4.78, 5) is 7.97. The summed E-state index contributed by atoms with van der Waals surface area (Å²) in [5.74, 6) is 1.49. The molecule has 2 aromatic rings. The molecule has 1 aromatic heterocycles. The van der Waals surface area contributed by atoms with Crippen molar-refractivity contribution in [3.8, 4) is 0 Å². The van der Waals surface area contributed by atoms with Gasteiger partial charge in [-0.05, 0) is 43.4 Å². The molecule has 0 bridgehead atoms. The van der Waals surface area contributed by atoms with Gasteiger partial charge in [-0.2, -0.15) is 0 Å². The van der Waals surface area contributed by atoms with Gasteiger partial charge in [0.2, 0.25) is 0 Å². The molecule has 0 saturated heterocycles. The normalized spacial score (nSPS) is 13.5. The van der Waals surface area contributed by atoms with Crippen LogP contribution in [0.3, 0.4) is 0 Å². The molecule has 0 amide bonds. The van der Waals surface area contributed by atoms with E-state index in [9.17, 15) is 0 Å². The topological polar surface area (TPSA) is 54.7 Å². The summed E-state index contributed by atoms with van der Waals surface area (Å²) < 4.78 is 0. The van der Waals surface area contributed by atoms with Gasteiger partial charge in [-0.3, -0.25) is 0 Å². The number of nitrogens with one attached hydrogen (secondary N) is 1. The fourth-order valence-electron chi connectivity index (χ4n) is 2.29. The summed E-state index contributed by atoms with van der Waals surface area (Å²) in [5, 5.41) is 0. The Morgan fingerprint density at radius 2 is 2.00 bits per heavy atom. The van der Waals surface area contributed by atoms with Crippen molar-refractivity contribution in [2.24, 2.45) is 11.7 Å². The van der Waals surface area contributed by atoms with E-state index in [2.05, 4.69) is 49.8 Å². The summed E-state index contributed by atoms with van der Waals surface area (Å²) in [6.07, 6.45) is 0.956. The quantitative estimate of drug-likeness (QED) is 0.852. The van der Waals surface area contributed by atoms with Crippen molar-refractivity contribution in [1.82, 2.24) is 9.97 Å². The standard InChI is InChI=1S/C14H21N3/c1-8(2)5-11(15)14-16-12-7-9(3)6-10(4)13(12)17-14/h6-8,11H,5,15H2,1-4H3,(H,16,17). The third-order valence-corrected chi connectivity index (χ3v) is 3.02. The number of aryl methyl sites for hydroxylation is 2. The predicted octanol–water partition coefficient (Wildman–Crippen LogP) is 3.23. The van der Waals surface area contributed by atoms with Crippen LogP contribution in [-0.4, -0.2) is 9.97 Å². The first-order valence-electron chi connectivity index (χ1n) is 6.20. The number of benzene rings is 1. The molecule has 0 aliphatic carbocycles. The number of hydrogen-bond donors (Lipinski definition) is 2. The number of aromatic nitrogens is 2. The van der Waals surface area contributed by atoms with Crippen LogP contribution in [0.15, 0.2) is 12.1 Å². The van der Waals surface area contributed by atoms with Gasteiger partial charge in [0.05, 0.1) is 17.1 Å². The number of imidazole rings is 1. The molecule has 0 radical (unpaired) electrons. The molecule has 0 fully saturated rings. The van der Waals surface area contributed by atoms with E-state index in [0.717, 1.165) is 23.3 Å². The lowest BCUT2D eigenvalue weighted by Crippen LogP contribution is -2.14. The monoisotopic (exact) mass is 231 g/mol. The van der Waals surface area contributed by atoms with E-state index in [0.29, 0.717) is 5.92 Å². The Hall–Kier alpha value is -1.35. The van der Waals surface area contributed by atoms with E-state index in [1.165, 1.54) is 11.1 Å². The van der Waals surface area contributed by atoms with Gasteiger partial charge in [-0.25, -0.2) is 4.98 Å². The zero-order chi connectivity index (χ0) is 12.6. The molecular formula is C14H21N3. The van der Waals surface area contributed by atoms with Crippen LogP contribution in [0.1, 0.15) is 43.3 Å². The average Bonchev–Trinajstić information content (AvgIpc) is 2.60. The number of nitrogens with zero attached hydrogens (tertiary/aromatic N) is 1. The van der Waals surface area contributed by atoms with Crippen LogP contribution in [-0.2, 0) is 0 Å². The van der Waals surface area contributed by atoms with Crippen LogP contribution in [0.25, 0.3) is 11.0 Å². The fraction of sp³-hybridized carbons (Fsp3) is 0.500. The number of H-pyrrole nitrogens is 1. The SMILES string of the molecule is Cc1cc(C)c2nc(C(N)CC(C)C)[nH]c2c1. The Bertz CT molecular complexity index is 525. The molecule has 2 rings (SSSR count). The molecule has 3 N–H and O–H groups in total. The van der Waals surface area contributed by atoms with Crippen molar-refractivity contribution in [2.45, 2.75) is 40.2 Å². The summed E-state index contributed by atoms with van der Waals surface area (Å²) in [6, 6.07) is 4.28. The van der Waals surface area contributed by atoms with E-state index < -0.39 is 0 Å². The maximum absolute atomic E-state index is 6.15. The predicted molar refractivity (Wildman–Crippen MR) is 72.0 cm³/mol. The van der Waals surface area contributed by atoms with Gasteiger partial charge < -0.3 is 10.7 Å². The molecule has 3 nitrogen and oxygen atoms in total. The Morgan fingerprint density at radius 1 is 1.29 bits per heavy atom. The summed E-state index contributed by atoms with van der Waals surface area (Å²) in [5.41, 5.74) is 10.8. The zero-order valence-corrected chi connectivity index (χ0v) is 11.0. The van der Waals surface area contributed by atoms with E-state index in [1.807, 2.05) is 0 Å². The zero-order valence-electron chi connectivity index (χ0n) is 11.0. The van der Waals surface area contributed by atoms with Crippen molar-refractivity contribution in [3.05, 3.63) is 29.1 Å². The Balaban J connectivity index is 2.41. The second-order valence-corrected chi connectivity index (χ2v) is 5.34. The second-order valence-electron chi connectivity index (χ2n) is 5.34. The van der Waals surface area contributed by atoms with Crippen molar-refractivity contribution >= 4 is 11.0 Å². The highest BCUT2D eigenvalue weighted by Crippen LogP contribution is 2.22. The molecule has 1 heterocycles. The first-order valence-corrected chi connectivity index (χ1v) is 6.20. The lowest BCUT2D eigenvalue weighted by molar-refractivity contribution is 0.496. The third-order valence-electron chi connectivity index (χ3n) is 3.02. The van der Waals surface area contributed by atoms with Gasteiger partial charge in [0.25, 0.3) is 0 Å². The molecule has 92 valence electrons. The molecular weight excluding hydrogens is 210 g/mol. The summed E-state index contributed by atoms with van der Waals surface area (Å²) in [6.45, 7) is 8.55. The van der Waals surface area contributed by atoms with Crippen LogP contribution in [0.4, 0.5) is 0 Å². The molecule has 3 heteroatoms. The minimum atomic E-state index is 0.00195. The third kappa shape index (κ3) is 2.50. The van der Waals surface area contributed by atoms with Crippen LogP contribution >= 0.6 is 0 Å². The number of hydrogen-bond acceptors (Lipinski definition) is 2. The van der Waals surface area contributed by atoms with E-state index in [4.69, 9.17) is 5.73 Å². The molecule has 1 unspecified atom stereocenters. The van der Waals surface area contributed by atoms with Crippen LogP contribution in [0.5, 0.6) is 0 Å². The van der Waals surface area contributed by atoms with Crippen LogP contribution in [0.2, 0.25) is 0 Å².